The summed E-state index contributed by atoms with van der Waals surface area (Å²) in [6, 6.07) is 5.84. The van der Waals surface area contributed by atoms with E-state index in [1.54, 1.807) is 18.2 Å². The maximum atomic E-state index is 12.9. The minimum absolute atomic E-state index is 0.0946. The van der Waals surface area contributed by atoms with Crippen molar-refractivity contribution in [2.45, 2.75) is 51.5 Å². The zero-order chi connectivity index (χ0) is 21.2. The molecule has 0 fully saturated rings. The van der Waals surface area contributed by atoms with E-state index in [4.69, 9.17) is 0 Å². The maximum absolute atomic E-state index is 12.9. The maximum Gasteiger partial charge on any atom is 0.263 e. The van der Waals surface area contributed by atoms with Crippen molar-refractivity contribution in [1.82, 2.24) is 14.9 Å². The van der Waals surface area contributed by atoms with Crippen molar-refractivity contribution in [3.63, 3.8) is 0 Å². The van der Waals surface area contributed by atoms with E-state index in [-0.39, 0.29) is 22.6 Å². The number of carbonyl (C=O) groups excluding carboxylic acids is 1. The lowest BCUT2D eigenvalue weighted by molar-refractivity contribution is -0.118. The molecule has 1 aliphatic heterocycles. The average Bonchev–Trinajstić information content (AvgIpc) is 3.20. The van der Waals surface area contributed by atoms with Gasteiger partial charge in [-0.3, -0.25) is 19.8 Å². The van der Waals surface area contributed by atoms with Crippen LogP contribution in [0.25, 0.3) is 0 Å². The number of amides is 1. The normalized spacial score (nSPS) is 18.3. The van der Waals surface area contributed by atoms with Gasteiger partial charge in [0.05, 0.1) is 4.90 Å². The Morgan fingerprint density at radius 1 is 1.24 bits per heavy atom. The lowest BCUT2D eigenvalue weighted by Gasteiger charge is -2.18. The fraction of sp³-hybridized carbons (Fsp3) is 0.474. The first-order valence-corrected chi connectivity index (χ1v) is 11.8. The molecule has 0 unspecified atom stereocenters. The third-order valence-corrected chi connectivity index (χ3v) is 6.92. The summed E-state index contributed by atoms with van der Waals surface area (Å²) in [5.41, 5.74) is 0.476. The van der Waals surface area contributed by atoms with Crippen LogP contribution in [0, 0.1) is 11.8 Å². The lowest BCUT2D eigenvalue weighted by Crippen LogP contribution is -2.34. The summed E-state index contributed by atoms with van der Waals surface area (Å²) < 4.78 is 27.1. The Kier molecular flexibility index (Phi) is 6.33. The predicted octanol–water partition coefficient (Wildman–Crippen LogP) is 2.83. The highest BCUT2D eigenvalue weighted by molar-refractivity contribution is 7.90. The van der Waals surface area contributed by atoms with E-state index in [1.807, 2.05) is 13.8 Å². The quantitative estimate of drug-likeness (QED) is 0.694. The van der Waals surface area contributed by atoms with Crippen molar-refractivity contribution in [2.75, 3.05) is 5.32 Å². The number of aliphatic imine (C=N–C) groups is 1. The van der Waals surface area contributed by atoms with Gasteiger partial charge in [-0.25, -0.2) is 8.42 Å². The number of anilines is 1. The molecular formula is C19H25N5O3S2. The smallest absolute Gasteiger partial charge is 0.263 e. The topological polar surface area (TPSA) is 113 Å². The summed E-state index contributed by atoms with van der Waals surface area (Å²) in [5.74, 6) is 0.213. The second-order valence-corrected chi connectivity index (χ2v) is 10.2. The summed E-state index contributed by atoms with van der Waals surface area (Å²) in [6.07, 6.45) is 1.50. The monoisotopic (exact) mass is 435 g/mol. The van der Waals surface area contributed by atoms with Crippen LogP contribution in [0.3, 0.4) is 0 Å². The molecule has 0 saturated carbocycles. The summed E-state index contributed by atoms with van der Waals surface area (Å²) >= 11 is 1.34. The van der Waals surface area contributed by atoms with Gasteiger partial charge in [-0.2, -0.15) is 0 Å². The van der Waals surface area contributed by atoms with E-state index < -0.39 is 16.1 Å². The van der Waals surface area contributed by atoms with E-state index in [1.165, 1.54) is 17.4 Å². The number of aromatic nitrogens is 2. The van der Waals surface area contributed by atoms with Gasteiger partial charge in [-0.05, 0) is 24.0 Å². The zero-order valence-corrected chi connectivity index (χ0v) is 18.5. The van der Waals surface area contributed by atoms with Crippen LogP contribution in [0.15, 0.2) is 34.2 Å². The van der Waals surface area contributed by atoms with Crippen LogP contribution in [0.2, 0.25) is 0 Å². The van der Waals surface area contributed by atoms with Gasteiger partial charge < -0.3 is 0 Å². The van der Waals surface area contributed by atoms with Gasteiger partial charge in [-0.1, -0.05) is 57.6 Å². The van der Waals surface area contributed by atoms with Gasteiger partial charge in [0.25, 0.3) is 15.9 Å². The SMILES string of the molecule is CC[C@H](C)[C@H](N=C1NS(=O)(=O)c2ccccc21)C(=O)Nc1nnc(CC(C)C)s1. The third-order valence-electron chi connectivity index (χ3n) is 4.66. The highest BCUT2D eigenvalue weighted by Crippen LogP contribution is 2.25. The van der Waals surface area contributed by atoms with Gasteiger partial charge in [0.2, 0.25) is 5.13 Å². The first-order valence-electron chi connectivity index (χ1n) is 9.54. The third kappa shape index (κ3) is 4.81. The first-order chi connectivity index (χ1) is 13.7. The Morgan fingerprint density at radius 2 is 1.97 bits per heavy atom. The number of sulfonamides is 1. The molecule has 0 bridgehead atoms. The largest absolute Gasteiger partial charge is 0.299 e. The number of amidine groups is 1. The van der Waals surface area contributed by atoms with Gasteiger partial charge in [0, 0.05) is 12.0 Å². The number of nitrogens with zero attached hydrogens (tertiary/aromatic N) is 3. The fourth-order valence-corrected chi connectivity index (χ4v) is 5.15. The zero-order valence-electron chi connectivity index (χ0n) is 16.8. The number of nitrogens with one attached hydrogen (secondary N) is 2. The minimum atomic E-state index is -3.66. The minimum Gasteiger partial charge on any atom is -0.299 e. The molecular weight excluding hydrogens is 410 g/mol. The Bertz CT molecular complexity index is 1030. The molecule has 1 aromatic heterocycles. The van der Waals surface area contributed by atoms with Gasteiger partial charge in [0.1, 0.15) is 16.9 Å². The van der Waals surface area contributed by atoms with Crippen LogP contribution in [0.5, 0.6) is 0 Å². The van der Waals surface area contributed by atoms with Crippen molar-refractivity contribution in [2.24, 2.45) is 16.8 Å². The molecule has 0 saturated heterocycles. The van der Waals surface area contributed by atoms with E-state index >= 15 is 0 Å². The Hall–Kier alpha value is -2.33. The molecule has 3 rings (SSSR count). The molecule has 2 heterocycles. The highest BCUT2D eigenvalue weighted by atomic mass is 32.2. The van der Waals surface area contributed by atoms with E-state index in [2.05, 4.69) is 39.1 Å². The average molecular weight is 436 g/mol. The van der Waals surface area contributed by atoms with E-state index in [0.29, 0.717) is 23.0 Å². The van der Waals surface area contributed by atoms with Crippen LogP contribution in [-0.2, 0) is 21.2 Å². The van der Waals surface area contributed by atoms with Crippen molar-refractivity contribution in [3.8, 4) is 0 Å². The van der Waals surface area contributed by atoms with Crippen molar-refractivity contribution >= 4 is 38.2 Å². The summed E-state index contributed by atoms with van der Waals surface area (Å²) in [5, 5.41) is 12.2. The number of benzene rings is 1. The standard InChI is InChI=1S/C19H25N5O3S2/c1-5-12(4)16(18(25)21-19-23-22-15(28-19)10-11(2)3)20-17-13-8-6-7-9-14(13)29(26,27)24-17/h6-9,11-12,16H,5,10H2,1-4H3,(H,20,24)(H,21,23,25)/t12-,16-/m0/s1. The molecule has 156 valence electrons. The summed E-state index contributed by atoms with van der Waals surface area (Å²) in [6.45, 7) is 8.06. The lowest BCUT2D eigenvalue weighted by atomic mass is 9.99. The van der Waals surface area contributed by atoms with Crippen molar-refractivity contribution < 1.29 is 13.2 Å². The Balaban J connectivity index is 1.86. The number of hydrogen-bond donors (Lipinski definition) is 2. The van der Waals surface area contributed by atoms with Crippen molar-refractivity contribution in [3.05, 3.63) is 34.8 Å². The molecule has 29 heavy (non-hydrogen) atoms. The molecule has 0 aliphatic carbocycles. The van der Waals surface area contributed by atoms with Crippen LogP contribution in [0.1, 0.15) is 44.7 Å². The van der Waals surface area contributed by atoms with E-state index in [9.17, 15) is 13.2 Å². The Labute approximate surface area is 174 Å². The van der Waals surface area contributed by atoms with Crippen LogP contribution in [0.4, 0.5) is 5.13 Å². The molecule has 1 aromatic carbocycles. The van der Waals surface area contributed by atoms with Gasteiger partial charge in [-0.15, -0.1) is 10.2 Å². The second-order valence-electron chi connectivity index (χ2n) is 7.50. The first kappa shape index (κ1) is 21.4. The van der Waals surface area contributed by atoms with Gasteiger partial charge >= 0.3 is 0 Å². The molecule has 2 atom stereocenters. The number of carbonyl (C=O) groups is 1. The van der Waals surface area contributed by atoms with Crippen LogP contribution >= 0.6 is 11.3 Å². The van der Waals surface area contributed by atoms with Crippen molar-refractivity contribution in [1.29, 1.82) is 0 Å². The molecule has 2 aromatic rings. The molecule has 0 spiro atoms. The van der Waals surface area contributed by atoms with Gasteiger partial charge in [0.15, 0.2) is 0 Å². The molecule has 8 nitrogen and oxygen atoms in total. The van der Waals surface area contributed by atoms with Crippen LogP contribution < -0.4 is 10.0 Å². The number of fused-ring (bicyclic) bond motifs is 1. The predicted molar refractivity (Wildman–Crippen MR) is 114 cm³/mol. The summed E-state index contributed by atoms with van der Waals surface area (Å²) in [4.78, 5) is 17.6. The number of rotatable bonds is 7. The molecule has 0 radical (unpaired) electrons. The molecule has 1 aliphatic rings. The highest BCUT2D eigenvalue weighted by Gasteiger charge is 2.33. The molecule has 2 N–H and O–H groups in total. The van der Waals surface area contributed by atoms with Crippen LogP contribution in [-0.4, -0.2) is 36.4 Å². The Morgan fingerprint density at radius 3 is 2.66 bits per heavy atom. The molecule has 1 amide bonds. The number of hydrogen-bond acceptors (Lipinski definition) is 7. The second kappa shape index (κ2) is 8.58. The summed E-state index contributed by atoms with van der Waals surface area (Å²) in [7, 11) is -3.66. The fourth-order valence-electron chi connectivity index (χ4n) is 2.95. The van der Waals surface area contributed by atoms with E-state index in [0.717, 1.165) is 11.4 Å². The molecule has 10 heteroatoms.